The lowest BCUT2D eigenvalue weighted by Gasteiger charge is -2.27. The summed E-state index contributed by atoms with van der Waals surface area (Å²) >= 11 is 0. The highest BCUT2D eigenvalue weighted by Crippen LogP contribution is 2.36. The molecule has 0 aliphatic carbocycles. The summed E-state index contributed by atoms with van der Waals surface area (Å²) in [5.41, 5.74) is 15.8. The van der Waals surface area contributed by atoms with E-state index in [1.54, 1.807) is 33.1 Å². The van der Waals surface area contributed by atoms with Gasteiger partial charge in [-0.1, -0.05) is 0 Å². The molecular formula is C35H50N6O9. The summed E-state index contributed by atoms with van der Waals surface area (Å²) in [6.45, 7) is 16.7. The summed E-state index contributed by atoms with van der Waals surface area (Å²) in [4.78, 5) is 41.9. The number of carbonyl (C=O) groups is 2. The van der Waals surface area contributed by atoms with Crippen molar-refractivity contribution in [3.05, 3.63) is 90.0 Å². The van der Waals surface area contributed by atoms with E-state index in [-0.39, 0.29) is 22.9 Å². The molecule has 3 rings (SSSR count). The van der Waals surface area contributed by atoms with Crippen LogP contribution in [0.25, 0.3) is 0 Å². The first-order chi connectivity index (χ1) is 23.0. The molecule has 0 saturated carbocycles. The Labute approximate surface area is 293 Å². The molecule has 0 aliphatic heterocycles. The Morgan fingerprint density at radius 3 is 1.26 bits per heavy atom. The SMILES string of the molecule is COc1cc(C(C)(C)N)c(C)cc1[N+](=O)[O-].COc1cc(C(C)(C)NC=O)c(C)cc1N.COc1cc(C(C)(C)NC=O)c(C)cc1[N+](=O)[O-]. The lowest BCUT2D eigenvalue weighted by molar-refractivity contribution is -0.386. The van der Waals surface area contributed by atoms with Gasteiger partial charge in [0.2, 0.25) is 12.8 Å². The van der Waals surface area contributed by atoms with Crippen molar-refractivity contribution in [1.82, 2.24) is 10.6 Å². The van der Waals surface area contributed by atoms with E-state index in [0.717, 1.165) is 33.4 Å². The summed E-state index contributed by atoms with van der Waals surface area (Å²) < 4.78 is 15.2. The van der Waals surface area contributed by atoms with Gasteiger partial charge in [0.1, 0.15) is 5.75 Å². The lowest BCUT2D eigenvalue weighted by atomic mass is 9.90. The maximum Gasteiger partial charge on any atom is 0.311 e. The zero-order chi connectivity index (χ0) is 38.8. The molecule has 0 bridgehead atoms. The molecule has 6 N–H and O–H groups in total. The van der Waals surface area contributed by atoms with Crippen molar-refractivity contribution in [3.8, 4) is 17.2 Å². The summed E-state index contributed by atoms with van der Waals surface area (Å²) in [5, 5.41) is 27.1. The van der Waals surface area contributed by atoms with Crippen LogP contribution in [0.3, 0.4) is 0 Å². The molecule has 0 atom stereocenters. The van der Waals surface area contributed by atoms with E-state index in [9.17, 15) is 29.8 Å². The molecule has 0 spiro atoms. The van der Waals surface area contributed by atoms with Crippen molar-refractivity contribution in [1.29, 1.82) is 0 Å². The minimum Gasteiger partial charge on any atom is -0.495 e. The summed E-state index contributed by atoms with van der Waals surface area (Å²) in [6, 6.07) is 9.87. The second-order valence-corrected chi connectivity index (χ2v) is 13.1. The van der Waals surface area contributed by atoms with Gasteiger partial charge in [-0.25, -0.2) is 0 Å². The molecule has 0 radical (unpaired) electrons. The van der Waals surface area contributed by atoms with E-state index in [4.69, 9.17) is 25.7 Å². The third-order valence-electron chi connectivity index (χ3n) is 7.90. The predicted molar refractivity (Wildman–Crippen MR) is 193 cm³/mol. The van der Waals surface area contributed by atoms with Crippen LogP contribution < -0.4 is 36.3 Å². The normalized spacial score (nSPS) is 11.1. The van der Waals surface area contributed by atoms with Crippen molar-refractivity contribution in [2.45, 2.75) is 78.9 Å². The number of nitrogens with one attached hydrogen (secondary N) is 2. The Bertz CT molecular complexity index is 1700. The largest absolute Gasteiger partial charge is 0.495 e. The Morgan fingerprint density at radius 2 is 0.940 bits per heavy atom. The predicted octanol–water partition coefficient (Wildman–Crippen LogP) is 5.57. The highest BCUT2D eigenvalue weighted by molar-refractivity contribution is 5.60. The van der Waals surface area contributed by atoms with E-state index in [1.165, 1.54) is 26.4 Å². The van der Waals surface area contributed by atoms with Gasteiger partial charge in [-0.3, -0.25) is 29.8 Å². The highest BCUT2D eigenvalue weighted by Gasteiger charge is 2.27. The number of nitrogens with two attached hydrogens (primary N) is 2. The Morgan fingerprint density at radius 1 is 0.620 bits per heavy atom. The van der Waals surface area contributed by atoms with E-state index in [0.29, 0.717) is 24.3 Å². The average molecular weight is 699 g/mol. The van der Waals surface area contributed by atoms with Crippen molar-refractivity contribution in [2.75, 3.05) is 27.1 Å². The first-order valence-electron chi connectivity index (χ1n) is 15.4. The molecule has 0 unspecified atom stereocenters. The fourth-order valence-corrected chi connectivity index (χ4v) is 5.34. The number of ether oxygens (including phenoxy) is 3. The highest BCUT2D eigenvalue weighted by atomic mass is 16.6. The quantitative estimate of drug-likeness (QED) is 0.0792. The minimum atomic E-state index is -0.617. The monoisotopic (exact) mass is 698 g/mol. The molecule has 2 amide bonds. The minimum absolute atomic E-state index is 0.0343. The first-order valence-corrected chi connectivity index (χ1v) is 15.4. The number of anilines is 1. The maximum atomic E-state index is 10.9. The second-order valence-electron chi connectivity index (χ2n) is 13.1. The van der Waals surface area contributed by atoms with Crippen LogP contribution in [0.2, 0.25) is 0 Å². The molecular weight excluding hydrogens is 648 g/mol. The zero-order valence-corrected chi connectivity index (χ0v) is 30.8. The average Bonchev–Trinajstić information content (AvgIpc) is 3.00. The molecule has 0 fully saturated rings. The van der Waals surface area contributed by atoms with Crippen LogP contribution >= 0.6 is 0 Å². The summed E-state index contributed by atoms with van der Waals surface area (Å²) in [5.74, 6) is 1.05. The van der Waals surface area contributed by atoms with Crippen molar-refractivity contribution in [2.24, 2.45) is 5.73 Å². The van der Waals surface area contributed by atoms with Gasteiger partial charge < -0.3 is 36.3 Å². The second kappa shape index (κ2) is 17.3. The lowest BCUT2D eigenvalue weighted by Crippen LogP contribution is -2.36. The number of amides is 2. The third kappa shape index (κ3) is 10.8. The number of aryl methyl sites for hydroxylation is 3. The molecule has 15 nitrogen and oxygen atoms in total. The smallest absolute Gasteiger partial charge is 0.311 e. The van der Waals surface area contributed by atoms with Crippen LogP contribution in [0.4, 0.5) is 17.1 Å². The number of nitro benzene ring substituents is 2. The maximum absolute atomic E-state index is 10.9. The van der Waals surface area contributed by atoms with E-state index in [2.05, 4.69) is 10.6 Å². The Balaban J connectivity index is 0.000000376. The van der Waals surface area contributed by atoms with Gasteiger partial charge in [-0.05, 0) is 120 Å². The molecule has 0 aliphatic rings. The number of nitrogen functional groups attached to an aromatic ring is 1. The number of nitrogens with zero attached hydrogens (tertiary/aromatic N) is 2. The molecule has 15 heteroatoms. The van der Waals surface area contributed by atoms with Crippen molar-refractivity contribution in [3.63, 3.8) is 0 Å². The van der Waals surface area contributed by atoms with E-state index >= 15 is 0 Å². The zero-order valence-electron chi connectivity index (χ0n) is 30.8. The van der Waals surface area contributed by atoms with Crippen LogP contribution in [0.5, 0.6) is 17.2 Å². The molecule has 0 heterocycles. The van der Waals surface area contributed by atoms with Crippen molar-refractivity contribution >= 4 is 29.9 Å². The van der Waals surface area contributed by atoms with Gasteiger partial charge >= 0.3 is 11.4 Å². The van der Waals surface area contributed by atoms with Crippen LogP contribution in [-0.4, -0.2) is 44.0 Å². The van der Waals surface area contributed by atoms with Gasteiger partial charge in [0, 0.05) is 17.7 Å². The third-order valence-corrected chi connectivity index (χ3v) is 7.90. The number of benzene rings is 3. The molecule has 0 saturated heterocycles. The summed E-state index contributed by atoms with van der Waals surface area (Å²) in [6.07, 6.45) is 1.30. The van der Waals surface area contributed by atoms with Gasteiger partial charge in [0.05, 0.1) is 47.9 Å². The molecule has 3 aromatic rings. The molecule has 50 heavy (non-hydrogen) atoms. The molecule has 274 valence electrons. The first kappa shape index (κ1) is 42.6. The van der Waals surface area contributed by atoms with Crippen LogP contribution in [0.1, 0.15) is 74.9 Å². The number of hydrogen-bond acceptors (Lipinski definition) is 11. The van der Waals surface area contributed by atoms with Gasteiger partial charge in [-0.2, -0.15) is 0 Å². The number of nitro groups is 2. The fourth-order valence-electron chi connectivity index (χ4n) is 5.34. The molecule has 3 aromatic carbocycles. The van der Waals surface area contributed by atoms with Gasteiger partial charge in [0.15, 0.2) is 11.5 Å². The number of carbonyl (C=O) groups excluding carboxylic acids is 2. The Hall–Kier alpha value is -5.44. The van der Waals surface area contributed by atoms with E-state index < -0.39 is 26.5 Å². The van der Waals surface area contributed by atoms with Crippen LogP contribution in [0.15, 0.2) is 36.4 Å². The van der Waals surface area contributed by atoms with Gasteiger partial charge in [0.25, 0.3) is 0 Å². The topological polar surface area (TPSA) is 224 Å². The van der Waals surface area contributed by atoms with E-state index in [1.807, 2.05) is 60.6 Å². The fraction of sp³-hybridized carbons (Fsp3) is 0.429. The molecule has 0 aromatic heterocycles. The Kier molecular flexibility index (Phi) is 14.7. The summed E-state index contributed by atoms with van der Waals surface area (Å²) in [7, 11) is 4.36. The number of hydrogen-bond donors (Lipinski definition) is 4. The van der Waals surface area contributed by atoms with Gasteiger partial charge in [-0.15, -0.1) is 0 Å². The van der Waals surface area contributed by atoms with Crippen molar-refractivity contribution < 1.29 is 33.6 Å². The standard InChI is InChI=1S/C12H16N2O4.C12H18N2O2.C11H16N2O3/c1-8-5-10(14(16)17)11(18-4)6-9(8)12(2,3)13-7-15;1-8-5-10(13)11(16-4)6-9(8)12(2,3)14-7-15;1-7-5-9(13(14)15)10(16-4)6-8(7)11(2,3)12/h5-7H,1-4H3,(H,13,15);5-7H,13H2,1-4H3,(H,14,15);5-6H,12H2,1-4H3. The van der Waals surface area contributed by atoms with Crippen LogP contribution in [0, 0.1) is 41.0 Å². The number of methoxy groups -OCH3 is 3. The number of rotatable bonds is 12. The van der Waals surface area contributed by atoms with Crippen LogP contribution in [-0.2, 0) is 26.2 Å².